The Hall–Kier alpha value is -2.29. The minimum absolute atomic E-state index is 0.318. The van der Waals surface area contributed by atoms with Crippen molar-refractivity contribution < 1.29 is 14.0 Å². The van der Waals surface area contributed by atoms with Crippen LogP contribution in [0.15, 0.2) is 42.6 Å². The summed E-state index contributed by atoms with van der Waals surface area (Å²) in [6.45, 7) is 3.63. The number of aryl methyl sites for hydroxylation is 1. The van der Waals surface area contributed by atoms with Gasteiger partial charge in [-0.3, -0.25) is 0 Å². The maximum Gasteiger partial charge on any atom is 0.231 e. The van der Waals surface area contributed by atoms with E-state index < -0.39 is 0 Å². The Morgan fingerprint density at radius 2 is 1.91 bits per heavy atom. The Balaban J connectivity index is 1.69. The van der Waals surface area contributed by atoms with Crippen molar-refractivity contribution in [2.75, 3.05) is 6.79 Å². The van der Waals surface area contributed by atoms with Crippen molar-refractivity contribution >= 4 is 12.2 Å². The van der Waals surface area contributed by atoms with Crippen molar-refractivity contribution in [3.8, 4) is 11.5 Å². The predicted octanol–water partition coefficient (Wildman–Crippen LogP) is 4.45. The second-order valence-corrected chi connectivity index (χ2v) is 5.83. The van der Waals surface area contributed by atoms with Gasteiger partial charge in [0.2, 0.25) is 12.5 Å². The number of hydrogen-bond acceptors (Lipinski definition) is 2. The molecule has 0 saturated heterocycles. The predicted molar refractivity (Wildman–Crippen MR) is 92.3 cm³/mol. The van der Waals surface area contributed by atoms with Gasteiger partial charge in [0.25, 0.3) is 0 Å². The van der Waals surface area contributed by atoms with Crippen LogP contribution in [-0.4, -0.2) is 6.79 Å². The molecule has 1 aliphatic rings. The summed E-state index contributed by atoms with van der Waals surface area (Å²) < 4.78 is 13.1. The molecule has 0 N–H and O–H groups in total. The molecule has 23 heavy (non-hydrogen) atoms. The van der Waals surface area contributed by atoms with E-state index in [4.69, 9.17) is 9.47 Å². The molecule has 0 amide bonds. The maximum absolute atomic E-state index is 5.43. The fourth-order valence-corrected chi connectivity index (χ4v) is 2.75. The van der Waals surface area contributed by atoms with Crippen LogP contribution >= 0.6 is 0 Å². The van der Waals surface area contributed by atoms with E-state index in [1.807, 2.05) is 12.1 Å². The second-order valence-electron chi connectivity index (χ2n) is 5.83. The summed E-state index contributed by atoms with van der Waals surface area (Å²) in [5, 5.41) is 0. The molecule has 0 bridgehead atoms. The largest absolute Gasteiger partial charge is 0.454 e. The molecule has 1 aromatic heterocycles. The van der Waals surface area contributed by atoms with Crippen LogP contribution in [0.5, 0.6) is 11.5 Å². The summed E-state index contributed by atoms with van der Waals surface area (Å²) >= 11 is 0. The highest BCUT2D eigenvalue weighted by Crippen LogP contribution is 2.32. The Bertz CT molecular complexity index is 679. The molecule has 3 heteroatoms. The molecular formula is C20H24NO2+. The molecule has 1 aromatic carbocycles. The Morgan fingerprint density at radius 1 is 1.00 bits per heavy atom. The normalized spacial score (nSPS) is 12.9. The third-order valence-corrected chi connectivity index (χ3v) is 4.07. The van der Waals surface area contributed by atoms with Gasteiger partial charge in [0.05, 0.1) is 0 Å². The number of nitrogens with zero attached hydrogens (tertiary/aromatic N) is 1. The third-order valence-electron chi connectivity index (χ3n) is 4.07. The average Bonchev–Trinajstić information content (AvgIpc) is 3.05. The first kappa shape index (κ1) is 15.6. The number of benzene rings is 1. The van der Waals surface area contributed by atoms with Gasteiger partial charge in [-0.1, -0.05) is 25.8 Å². The molecular weight excluding hydrogens is 286 g/mol. The van der Waals surface area contributed by atoms with Crippen molar-refractivity contribution in [1.29, 1.82) is 0 Å². The van der Waals surface area contributed by atoms with E-state index in [2.05, 4.69) is 54.1 Å². The van der Waals surface area contributed by atoms with Gasteiger partial charge in [0.1, 0.15) is 6.54 Å². The van der Waals surface area contributed by atoms with Crippen LogP contribution in [0.4, 0.5) is 0 Å². The lowest BCUT2D eigenvalue weighted by Crippen LogP contribution is -2.36. The highest BCUT2D eigenvalue weighted by atomic mass is 16.7. The molecule has 2 aromatic rings. The average molecular weight is 310 g/mol. The van der Waals surface area contributed by atoms with E-state index in [-0.39, 0.29) is 0 Å². The van der Waals surface area contributed by atoms with Crippen molar-refractivity contribution in [2.24, 2.45) is 0 Å². The number of pyridine rings is 1. The first-order chi connectivity index (χ1) is 11.4. The maximum atomic E-state index is 5.43. The van der Waals surface area contributed by atoms with Crippen molar-refractivity contribution in [2.45, 2.75) is 39.2 Å². The molecule has 0 unspecified atom stereocenters. The highest BCUT2D eigenvalue weighted by Gasteiger charge is 2.12. The molecule has 0 fully saturated rings. The van der Waals surface area contributed by atoms with Gasteiger partial charge in [0, 0.05) is 24.6 Å². The van der Waals surface area contributed by atoms with E-state index in [9.17, 15) is 0 Å². The van der Waals surface area contributed by atoms with Gasteiger partial charge >= 0.3 is 0 Å². The number of rotatable bonds is 7. The van der Waals surface area contributed by atoms with Gasteiger partial charge in [0.15, 0.2) is 17.7 Å². The van der Waals surface area contributed by atoms with Gasteiger partial charge in [-0.2, -0.15) is 4.57 Å². The first-order valence-corrected chi connectivity index (χ1v) is 8.43. The number of hydrogen-bond donors (Lipinski definition) is 0. The zero-order chi connectivity index (χ0) is 15.9. The van der Waals surface area contributed by atoms with E-state index in [1.165, 1.54) is 31.4 Å². The molecule has 120 valence electrons. The van der Waals surface area contributed by atoms with E-state index in [0.29, 0.717) is 6.79 Å². The molecule has 0 atom stereocenters. The number of aromatic nitrogens is 1. The molecule has 0 radical (unpaired) electrons. The fourth-order valence-electron chi connectivity index (χ4n) is 2.75. The van der Waals surface area contributed by atoms with Crippen molar-refractivity contribution in [3.63, 3.8) is 0 Å². The summed E-state index contributed by atoms with van der Waals surface area (Å²) in [4.78, 5) is 0. The van der Waals surface area contributed by atoms with Crippen molar-refractivity contribution in [1.82, 2.24) is 0 Å². The zero-order valence-corrected chi connectivity index (χ0v) is 13.7. The highest BCUT2D eigenvalue weighted by molar-refractivity contribution is 5.68. The first-order valence-electron chi connectivity index (χ1n) is 8.43. The molecule has 3 nitrogen and oxygen atoms in total. The van der Waals surface area contributed by atoms with Crippen LogP contribution < -0.4 is 14.0 Å². The molecule has 0 saturated carbocycles. The summed E-state index contributed by atoms with van der Waals surface area (Å²) in [5.41, 5.74) is 2.34. The second kappa shape index (κ2) is 7.82. The summed E-state index contributed by atoms with van der Waals surface area (Å²) in [6.07, 6.45) is 11.6. The Labute approximate surface area is 138 Å². The molecule has 3 rings (SSSR count). The Kier molecular flexibility index (Phi) is 5.30. The fraction of sp³-hybridized carbons (Fsp3) is 0.350. The number of fused-ring (bicyclic) bond motifs is 1. The molecule has 0 spiro atoms. The van der Waals surface area contributed by atoms with Gasteiger partial charge in [-0.15, -0.1) is 0 Å². The lowest BCUT2D eigenvalue weighted by Gasteiger charge is -2.01. The molecule has 0 aliphatic carbocycles. The number of unbranched alkanes of at least 4 members (excludes halogenated alkanes) is 3. The quantitative estimate of drug-likeness (QED) is 0.557. The van der Waals surface area contributed by atoms with Gasteiger partial charge < -0.3 is 9.47 Å². The van der Waals surface area contributed by atoms with Crippen LogP contribution in [0.1, 0.15) is 43.9 Å². The van der Waals surface area contributed by atoms with Crippen LogP contribution in [-0.2, 0) is 6.54 Å². The topological polar surface area (TPSA) is 22.3 Å². The monoisotopic (exact) mass is 310 g/mol. The van der Waals surface area contributed by atoms with E-state index in [1.54, 1.807) is 0 Å². The SMILES string of the molecule is CCCCCC[n+]1ccccc1C=Cc1ccc2c(c1)OCO2. The zero-order valence-electron chi connectivity index (χ0n) is 13.7. The Morgan fingerprint density at radius 3 is 2.83 bits per heavy atom. The van der Waals surface area contributed by atoms with Crippen LogP contribution in [0.25, 0.3) is 12.2 Å². The van der Waals surface area contributed by atoms with Gasteiger partial charge in [-0.05, 0) is 36.3 Å². The van der Waals surface area contributed by atoms with Crippen LogP contribution in [0, 0.1) is 0 Å². The van der Waals surface area contributed by atoms with Crippen LogP contribution in [0.3, 0.4) is 0 Å². The minimum Gasteiger partial charge on any atom is -0.454 e. The summed E-state index contributed by atoms with van der Waals surface area (Å²) in [6, 6.07) is 12.4. The molecule has 1 aliphatic heterocycles. The van der Waals surface area contributed by atoms with Crippen LogP contribution in [0.2, 0.25) is 0 Å². The summed E-state index contributed by atoms with van der Waals surface area (Å²) in [7, 11) is 0. The summed E-state index contributed by atoms with van der Waals surface area (Å²) in [5.74, 6) is 1.65. The minimum atomic E-state index is 0.318. The smallest absolute Gasteiger partial charge is 0.231 e. The van der Waals surface area contributed by atoms with E-state index >= 15 is 0 Å². The number of ether oxygens (including phenoxy) is 2. The third kappa shape index (κ3) is 4.13. The van der Waals surface area contributed by atoms with Gasteiger partial charge in [-0.25, -0.2) is 0 Å². The van der Waals surface area contributed by atoms with E-state index in [0.717, 1.165) is 23.6 Å². The lowest BCUT2D eigenvalue weighted by molar-refractivity contribution is -0.699. The molecule has 2 heterocycles. The standard InChI is InChI=1S/C20H24NO2/c1-2-3-4-6-13-21-14-7-5-8-18(21)11-9-17-10-12-19-20(15-17)23-16-22-19/h5,7-12,14-15H,2-4,6,13,16H2,1H3/q+1. The van der Waals surface area contributed by atoms with Crippen molar-refractivity contribution in [3.05, 3.63) is 53.9 Å². The lowest BCUT2D eigenvalue weighted by atomic mass is 10.1.